The monoisotopic (exact) mass is 446 g/mol. The van der Waals surface area contributed by atoms with Crippen LogP contribution in [0.15, 0.2) is 46.9 Å². The average Bonchev–Trinajstić information content (AvgIpc) is 3.09. The smallest absolute Gasteiger partial charge is 0.251 e. The maximum atomic E-state index is 14.0. The first kappa shape index (κ1) is 19.6. The van der Waals surface area contributed by atoms with Crippen LogP contribution in [0.5, 0.6) is 0 Å². The lowest BCUT2D eigenvalue weighted by Crippen LogP contribution is -2.27. The zero-order chi connectivity index (χ0) is 20.1. The van der Waals surface area contributed by atoms with Gasteiger partial charge in [0.05, 0.1) is 0 Å². The number of tetrazole rings is 1. The van der Waals surface area contributed by atoms with E-state index >= 15 is 0 Å². The van der Waals surface area contributed by atoms with Crippen molar-refractivity contribution in [1.82, 2.24) is 25.5 Å². The third-order valence-electron chi connectivity index (χ3n) is 3.83. The van der Waals surface area contributed by atoms with Gasteiger partial charge in [0.15, 0.2) is 5.82 Å². The molecule has 0 saturated heterocycles. The fraction of sp³-hybridized carbons (Fsp3) is 0.167. The van der Waals surface area contributed by atoms with E-state index in [9.17, 15) is 14.0 Å². The summed E-state index contributed by atoms with van der Waals surface area (Å²) >= 11 is 3.30. The maximum Gasteiger partial charge on any atom is 0.251 e. The summed E-state index contributed by atoms with van der Waals surface area (Å²) in [5, 5.41) is 16.3. The summed E-state index contributed by atoms with van der Waals surface area (Å²) in [4.78, 5) is 24.1. The summed E-state index contributed by atoms with van der Waals surface area (Å²) < 4.78 is 16.2. The first-order valence-electron chi connectivity index (χ1n) is 8.32. The zero-order valence-electron chi connectivity index (χ0n) is 14.8. The molecule has 3 aromatic rings. The van der Waals surface area contributed by atoms with Crippen molar-refractivity contribution in [2.45, 2.75) is 13.3 Å². The minimum Gasteiger partial charge on any atom is -0.352 e. The van der Waals surface area contributed by atoms with Crippen molar-refractivity contribution < 1.29 is 14.0 Å². The molecule has 0 radical (unpaired) electrons. The molecular weight excluding hydrogens is 431 g/mol. The molecule has 0 aliphatic rings. The van der Waals surface area contributed by atoms with Crippen LogP contribution in [-0.4, -0.2) is 38.6 Å². The van der Waals surface area contributed by atoms with Gasteiger partial charge < -0.3 is 10.6 Å². The maximum absolute atomic E-state index is 14.0. The zero-order valence-corrected chi connectivity index (χ0v) is 16.4. The molecule has 0 spiro atoms. The van der Waals surface area contributed by atoms with Crippen LogP contribution in [0.2, 0.25) is 0 Å². The summed E-state index contributed by atoms with van der Waals surface area (Å²) in [6.45, 7) is 1.81. The van der Waals surface area contributed by atoms with Gasteiger partial charge in [-0.1, -0.05) is 15.9 Å². The summed E-state index contributed by atoms with van der Waals surface area (Å²) in [5.74, 6) is -0.686. The molecule has 0 saturated carbocycles. The normalized spacial score (nSPS) is 10.5. The minimum absolute atomic E-state index is 0.0683. The number of nitrogens with one attached hydrogen (secondary N) is 2. The van der Waals surface area contributed by atoms with Crippen molar-refractivity contribution in [2.24, 2.45) is 0 Å². The van der Waals surface area contributed by atoms with Crippen molar-refractivity contribution in [3.8, 4) is 5.69 Å². The SMILES string of the molecule is Cc1nnnn1-c1cc(NC(=O)CCNC(=O)c2ccc(Br)cc2)ccc1F. The standard InChI is InChI=1S/C18H16BrFN6O2/c1-11-23-24-25-26(11)16-10-14(6-7-15(16)20)22-17(27)8-9-21-18(28)12-2-4-13(19)5-3-12/h2-7,10H,8-9H2,1H3,(H,21,28)(H,22,27). The van der Waals surface area contributed by atoms with Gasteiger partial charge in [0.25, 0.3) is 5.91 Å². The van der Waals surface area contributed by atoms with Gasteiger partial charge in [-0.2, -0.15) is 4.68 Å². The van der Waals surface area contributed by atoms with E-state index in [1.165, 1.54) is 22.9 Å². The van der Waals surface area contributed by atoms with Gasteiger partial charge in [0, 0.05) is 28.7 Å². The van der Waals surface area contributed by atoms with E-state index in [0.717, 1.165) is 4.47 Å². The Hall–Kier alpha value is -3.14. The molecule has 0 aliphatic heterocycles. The van der Waals surface area contributed by atoms with Crippen LogP contribution in [0.1, 0.15) is 22.6 Å². The fourth-order valence-corrected chi connectivity index (χ4v) is 2.69. The van der Waals surface area contributed by atoms with E-state index in [-0.39, 0.29) is 30.5 Å². The van der Waals surface area contributed by atoms with Gasteiger partial charge in [-0.25, -0.2) is 4.39 Å². The largest absolute Gasteiger partial charge is 0.352 e. The second kappa shape index (κ2) is 8.70. The molecule has 1 heterocycles. The Morgan fingerprint density at radius 1 is 1.18 bits per heavy atom. The lowest BCUT2D eigenvalue weighted by molar-refractivity contribution is -0.116. The number of carbonyl (C=O) groups excluding carboxylic acids is 2. The van der Waals surface area contributed by atoms with Crippen molar-refractivity contribution >= 4 is 33.4 Å². The summed E-state index contributed by atoms with van der Waals surface area (Å²) in [5.41, 5.74) is 1.03. The predicted octanol–water partition coefficient (Wildman–Crippen LogP) is 2.63. The molecule has 10 heteroatoms. The lowest BCUT2D eigenvalue weighted by Gasteiger charge is -2.09. The molecule has 144 valence electrons. The first-order valence-corrected chi connectivity index (χ1v) is 9.12. The minimum atomic E-state index is -0.518. The Morgan fingerprint density at radius 2 is 1.93 bits per heavy atom. The highest BCUT2D eigenvalue weighted by Crippen LogP contribution is 2.19. The number of amides is 2. The van der Waals surface area contributed by atoms with Gasteiger partial charge in [-0.3, -0.25) is 9.59 Å². The number of benzene rings is 2. The van der Waals surface area contributed by atoms with Crippen LogP contribution in [0, 0.1) is 12.7 Å². The topological polar surface area (TPSA) is 102 Å². The van der Waals surface area contributed by atoms with Crippen LogP contribution in [0.3, 0.4) is 0 Å². The molecule has 0 atom stereocenters. The van der Waals surface area contributed by atoms with E-state index in [2.05, 4.69) is 42.1 Å². The highest BCUT2D eigenvalue weighted by Gasteiger charge is 2.12. The van der Waals surface area contributed by atoms with E-state index in [1.807, 2.05) is 0 Å². The Balaban J connectivity index is 1.56. The number of halogens is 2. The van der Waals surface area contributed by atoms with E-state index < -0.39 is 5.82 Å². The van der Waals surface area contributed by atoms with Gasteiger partial charge in [-0.15, -0.1) is 5.10 Å². The molecule has 8 nitrogen and oxygen atoms in total. The lowest BCUT2D eigenvalue weighted by atomic mass is 10.2. The Morgan fingerprint density at radius 3 is 2.61 bits per heavy atom. The summed E-state index contributed by atoms with van der Waals surface area (Å²) in [7, 11) is 0. The number of carbonyl (C=O) groups is 2. The van der Waals surface area contributed by atoms with Crippen LogP contribution >= 0.6 is 15.9 Å². The van der Waals surface area contributed by atoms with Gasteiger partial charge in [0.1, 0.15) is 11.5 Å². The van der Waals surface area contributed by atoms with Gasteiger partial charge in [0.2, 0.25) is 5.91 Å². The van der Waals surface area contributed by atoms with E-state index in [0.29, 0.717) is 17.1 Å². The van der Waals surface area contributed by atoms with Crippen LogP contribution in [-0.2, 0) is 4.79 Å². The number of hydrogen-bond donors (Lipinski definition) is 2. The highest BCUT2D eigenvalue weighted by molar-refractivity contribution is 9.10. The Bertz CT molecular complexity index is 1010. The molecule has 0 unspecified atom stereocenters. The molecule has 2 N–H and O–H groups in total. The van der Waals surface area contributed by atoms with E-state index in [1.54, 1.807) is 31.2 Å². The second-order valence-electron chi connectivity index (χ2n) is 5.87. The summed E-state index contributed by atoms with van der Waals surface area (Å²) in [6.07, 6.45) is 0.0683. The fourth-order valence-electron chi connectivity index (χ4n) is 2.42. The third kappa shape index (κ3) is 4.77. The van der Waals surface area contributed by atoms with Crippen molar-refractivity contribution in [1.29, 1.82) is 0 Å². The van der Waals surface area contributed by atoms with Crippen LogP contribution in [0.4, 0.5) is 10.1 Å². The Kier molecular flexibility index (Phi) is 6.09. The highest BCUT2D eigenvalue weighted by atomic mass is 79.9. The van der Waals surface area contributed by atoms with Gasteiger partial charge >= 0.3 is 0 Å². The summed E-state index contributed by atoms with van der Waals surface area (Å²) in [6, 6.07) is 11.0. The molecule has 3 rings (SSSR count). The average molecular weight is 447 g/mol. The van der Waals surface area contributed by atoms with Crippen LogP contribution in [0.25, 0.3) is 5.69 Å². The molecule has 0 aliphatic carbocycles. The molecule has 0 fully saturated rings. The van der Waals surface area contributed by atoms with Crippen molar-refractivity contribution in [3.05, 3.63) is 64.1 Å². The van der Waals surface area contributed by atoms with Gasteiger partial charge in [-0.05, 0) is 59.8 Å². The first-order chi connectivity index (χ1) is 13.4. The van der Waals surface area contributed by atoms with Crippen LogP contribution < -0.4 is 10.6 Å². The number of hydrogen-bond acceptors (Lipinski definition) is 5. The number of aromatic nitrogens is 4. The number of nitrogens with zero attached hydrogens (tertiary/aromatic N) is 4. The predicted molar refractivity (Wildman–Crippen MR) is 104 cm³/mol. The molecule has 2 aromatic carbocycles. The molecule has 2 amide bonds. The number of rotatable bonds is 6. The third-order valence-corrected chi connectivity index (χ3v) is 4.36. The number of aryl methyl sites for hydroxylation is 1. The van der Waals surface area contributed by atoms with Crippen molar-refractivity contribution in [2.75, 3.05) is 11.9 Å². The van der Waals surface area contributed by atoms with E-state index in [4.69, 9.17) is 0 Å². The second-order valence-corrected chi connectivity index (χ2v) is 6.78. The molecular formula is C18H16BrFN6O2. The molecule has 0 bridgehead atoms. The molecule has 28 heavy (non-hydrogen) atoms. The quantitative estimate of drug-likeness (QED) is 0.605. The van der Waals surface area contributed by atoms with Crippen molar-refractivity contribution in [3.63, 3.8) is 0 Å². The Labute approximate surface area is 168 Å². The number of anilines is 1. The molecule has 1 aromatic heterocycles.